The minimum Gasteiger partial charge on any atom is -0.370 e. The minimum absolute atomic E-state index is 0.798. The predicted molar refractivity (Wildman–Crippen MR) is 82.9 cm³/mol. The number of fused-ring (bicyclic) bond motifs is 1. The summed E-state index contributed by atoms with van der Waals surface area (Å²) < 4.78 is 0. The highest BCUT2D eigenvalue weighted by atomic mass is 15.3. The van der Waals surface area contributed by atoms with Crippen molar-refractivity contribution in [3.05, 3.63) is 23.9 Å². The molecule has 0 aliphatic carbocycles. The number of aromatic nitrogens is 1. The Kier molecular flexibility index (Phi) is 4.53. The smallest absolute Gasteiger partial charge is 0.125 e. The van der Waals surface area contributed by atoms with E-state index in [-0.39, 0.29) is 0 Å². The molecule has 1 atom stereocenters. The first-order chi connectivity index (χ1) is 9.85. The molecule has 1 aromatic heterocycles. The van der Waals surface area contributed by atoms with Gasteiger partial charge in [-0.05, 0) is 57.5 Å². The zero-order chi connectivity index (χ0) is 13.8. The molecule has 0 radical (unpaired) electrons. The van der Waals surface area contributed by atoms with Gasteiger partial charge in [0.25, 0.3) is 0 Å². The lowest BCUT2D eigenvalue weighted by molar-refractivity contribution is 0.215. The molecule has 0 bridgehead atoms. The second-order valence-electron chi connectivity index (χ2n) is 6.00. The number of nitrogens with one attached hydrogen (secondary N) is 1. The van der Waals surface area contributed by atoms with Gasteiger partial charge in [0.1, 0.15) is 5.82 Å². The molecule has 110 valence electrons. The summed E-state index contributed by atoms with van der Waals surface area (Å²) in [6.07, 6.45) is 6.10. The third kappa shape index (κ3) is 3.30. The molecule has 4 nitrogen and oxygen atoms in total. The van der Waals surface area contributed by atoms with Crippen molar-refractivity contribution in [2.24, 2.45) is 0 Å². The fourth-order valence-electron chi connectivity index (χ4n) is 3.49. The fourth-order valence-corrected chi connectivity index (χ4v) is 3.49. The van der Waals surface area contributed by atoms with Gasteiger partial charge in [0.15, 0.2) is 0 Å². The summed E-state index contributed by atoms with van der Waals surface area (Å²) in [5, 5.41) is 3.25. The monoisotopic (exact) mass is 274 g/mol. The molecule has 3 heterocycles. The maximum Gasteiger partial charge on any atom is 0.125 e. The zero-order valence-corrected chi connectivity index (χ0v) is 12.5. The van der Waals surface area contributed by atoms with E-state index in [4.69, 9.17) is 0 Å². The Morgan fingerprint density at radius 2 is 2.15 bits per heavy atom. The average molecular weight is 274 g/mol. The Labute approximate surface area is 122 Å². The van der Waals surface area contributed by atoms with Crippen molar-refractivity contribution in [1.29, 1.82) is 0 Å². The lowest BCUT2D eigenvalue weighted by Gasteiger charge is -2.25. The first-order valence-electron chi connectivity index (χ1n) is 8.00. The highest BCUT2D eigenvalue weighted by Gasteiger charge is 2.28. The standard InChI is InChI=1S/C16H26N4/c1-2-17-16-7-6-14(11-18-16)12-19-8-4-10-20-9-3-5-15(20)13-19/h6-7,11,15H,2-5,8-10,12-13H2,1H3,(H,17,18). The van der Waals surface area contributed by atoms with Crippen LogP contribution in [0.15, 0.2) is 18.3 Å². The molecule has 1 aromatic rings. The summed E-state index contributed by atoms with van der Waals surface area (Å²) in [7, 11) is 0. The molecular formula is C16H26N4. The van der Waals surface area contributed by atoms with Gasteiger partial charge < -0.3 is 5.32 Å². The molecule has 0 saturated carbocycles. The summed E-state index contributed by atoms with van der Waals surface area (Å²) >= 11 is 0. The molecule has 1 unspecified atom stereocenters. The first kappa shape index (κ1) is 13.8. The lowest BCUT2D eigenvalue weighted by Crippen LogP contribution is -2.36. The first-order valence-corrected chi connectivity index (χ1v) is 8.00. The molecule has 0 aromatic carbocycles. The lowest BCUT2D eigenvalue weighted by atomic mass is 10.2. The Morgan fingerprint density at radius 1 is 1.25 bits per heavy atom. The Morgan fingerprint density at radius 3 is 2.95 bits per heavy atom. The normalized spacial score (nSPS) is 24.4. The Bertz CT molecular complexity index is 417. The van der Waals surface area contributed by atoms with E-state index >= 15 is 0 Å². The van der Waals surface area contributed by atoms with Crippen LogP contribution in [0, 0.1) is 0 Å². The summed E-state index contributed by atoms with van der Waals surface area (Å²) in [5.74, 6) is 0.981. The number of pyridine rings is 1. The van der Waals surface area contributed by atoms with E-state index in [0.717, 1.165) is 24.9 Å². The largest absolute Gasteiger partial charge is 0.370 e. The third-order valence-electron chi connectivity index (χ3n) is 4.48. The van der Waals surface area contributed by atoms with Gasteiger partial charge in [-0.3, -0.25) is 9.80 Å². The van der Waals surface area contributed by atoms with Crippen molar-refractivity contribution < 1.29 is 0 Å². The maximum atomic E-state index is 4.48. The van der Waals surface area contributed by atoms with Gasteiger partial charge in [-0.15, -0.1) is 0 Å². The van der Waals surface area contributed by atoms with Crippen LogP contribution >= 0.6 is 0 Å². The van der Waals surface area contributed by atoms with Crippen LogP contribution in [0.25, 0.3) is 0 Å². The van der Waals surface area contributed by atoms with Gasteiger partial charge >= 0.3 is 0 Å². The van der Waals surface area contributed by atoms with E-state index in [0.29, 0.717) is 0 Å². The van der Waals surface area contributed by atoms with Gasteiger partial charge in [-0.1, -0.05) is 6.07 Å². The van der Waals surface area contributed by atoms with Gasteiger partial charge in [0, 0.05) is 31.9 Å². The molecule has 0 amide bonds. The molecule has 20 heavy (non-hydrogen) atoms. The van der Waals surface area contributed by atoms with Gasteiger partial charge in [0.2, 0.25) is 0 Å². The molecule has 3 rings (SSSR count). The summed E-state index contributed by atoms with van der Waals surface area (Å²) in [4.78, 5) is 9.77. The van der Waals surface area contributed by atoms with E-state index in [9.17, 15) is 0 Å². The maximum absolute atomic E-state index is 4.48. The van der Waals surface area contributed by atoms with E-state index in [1.165, 1.54) is 51.0 Å². The zero-order valence-electron chi connectivity index (χ0n) is 12.5. The van der Waals surface area contributed by atoms with Gasteiger partial charge in [-0.2, -0.15) is 0 Å². The van der Waals surface area contributed by atoms with Crippen LogP contribution in [0.5, 0.6) is 0 Å². The van der Waals surface area contributed by atoms with Crippen LogP contribution in [0.4, 0.5) is 5.82 Å². The van der Waals surface area contributed by atoms with Crippen molar-refractivity contribution in [3.63, 3.8) is 0 Å². The topological polar surface area (TPSA) is 31.4 Å². The summed E-state index contributed by atoms with van der Waals surface area (Å²) in [6.45, 7) is 9.13. The van der Waals surface area contributed by atoms with E-state index < -0.39 is 0 Å². The van der Waals surface area contributed by atoms with Crippen LogP contribution < -0.4 is 5.32 Å². The van der Waals surface area contributed by atoms with Crippen molar-refractivity contribution in [2.45, 2.75) is 38.8 Å². The van der Waals surface area contributed by atoms with Crippen molar-refractivity contribution in [3.8, 4) is 0 Å². The highest BCUT2D eigenvalue weighted by Crippen LogP contribution is 2.22. The molecular weight excluding hydrogens is 248 g/mol. The number of hydrogen-bond acceptors (Lipinski definition) is 4. The SMILES string of the molecule is CCNc1ccc(CN2CCCN3CCCC3C2)cn1. The van der Waals surface area contributed by atoms with Gasteiger partial charge in [-0.25, -0.2) is 4.98 Å². The molecule has 1 N–H and O–H groups in total. The van der Waals surface area contributed by atoms with E-state index in [1.54, 1.807) is 0 Å². The number of rotatable bonds is 4. The number of nitrogens with zero attached hydrogens (tertiary/aromatic N) is 3. The van der Waals surface area contributed by atoms with Crippen LogP contribution in [0.2, 0.25) is 0 Å². The van der Waals surface area contributed by atoms with Crippen LogP contribution in [-0.4, -0.2) is 53.5 Å². The molecule has 2 aliphatic rings. The quantitative estimate of drug-likeness (QED) is 0.912. The number of anilines is 1. The second-order valence-corrected chi connectivity index (χ2v) is 6.00. The predicted octanol–water partition coefficient (Wildman–Crippen LogP) is 2.18. The van der Waals surface area contributed by atoms with Crippen LogP contribution in [0.1, 0.15) is 31.7 Å². The van der Waals surface area contributed by atoms with Crippen molar-refractivity contribution >= 4 is 5.82 Å². The minimum atomic E-state index is 0.798. The van der Waals surface area contributed by atoms with Crippen LogP contribution in [-0.2, 0) is 6.54 Å². The highest BCUT2D eigenvalue weighted by molar-refractivity contribution is 5.35. The Balaban J connectivity index is 1.58. The second kappa shape index (κ2) is 6.55. The van der Waals surface area contributed by atoms with E-state index in [1.807, 2.05) is 6.20 Å². The van der Waals surface area contributed by atoms with E-state index in [2.05, 4.69) is 39.2 Å². The molecule has 2 saturated heterocycles. The number of hydrogen-bond donors (Lipinski definition) is 1. The van der Waals surface area contributed by atoms with Crippen molar-refractivity contribution in [2.75, 3.05) is 38.0 Å². The third-order valence-corrected chi connectivity index (χ3v) is 4.48. The average Bonchev–Trinajstić information content (AvgIpc) is 2.80. The van der Waals surface area contributed by atoms with Gasteiger partial charge in [0.05, 0.1) is 0 Å². The molecule has 2 fully saturated rings. The molecule has 2 aliphatic heterocycles. The Hall–Kier alpha value is -1.13. The molecule has 0 spiro atoms. The fraction of sp³-hybridized carbons (Fsp3) is 0.688. The molecule has 4 heteroatoms. The summed E-state index contributed by atoms with van der Waals surface area (Å²) in [6, 6.07) is 5.10. The van der Waals surface area contributed by atoms with Crippen molar-refractivity contribution in [1.82, 2.24) is 14.8 Å². The summed E-state index contributed by atoms with van der Waals surface area (Å²) in [5.41, 5.74) is 1.33. The van der Waals surface area contributed by atoms with Crippen LogP contribution in [0.3, 0.4) is 0 Å².